The van der Waals surface area contributed by atoms with Crippen LogP contribution in [0.5, 0.6) is 11.5 Å². The van der Waals surface area contributed by atoms with Gasteiger partial charge < -0.3 is 15.2 Å². The second kappa shape index (κ2) is 8.33. The minimum absolute atomic E-state index is 0.0555. The summed E-state index contributed by atoms with van der Waals surface area (Å²) in [5.74, 6) is -0.440. The van der Waals surface area contributed by atoms with E-state index in [1.807, 2.05) is 0 Å². The molecule has 2 aromatic carbocycles. The summed E-state index contributed by atoms with van der Waals surface area (Å²) in [6, 6.07) is 13.3. The largest absolute Gasteiger partial charge is 0.507 e. The number of aromatic hydroxyl groups is 1. The molecule has 0 aliphatic heterocycles. The third kappa shape index (κ3) is 4.57. The maximum Gasteiger partial charge on any atom is 0.259 e. The SMILES string of the molecule is COc1ccccc1C(=O)NCC(=O)NN=Cc1ccccc1O. The highest BCUT2D eigenvalue weighted by Gasteiger charge is 2.12. The van der Waals surface area contributed by atoms with Crippen molar-refractivity contribution in [2.45, 2.75) is 0 Å². The smallest absolute Gasteiger partial charge is 0.259 e. The third-order valence-electron chi connectivity index (χ3n) is 3.09. The van der Waals surface area contributed by atoms with Crippen LogP contribution in [0.4, 0.5) is 0 Å². The van der Waals surface area contributed by atoms with Crippen LogP contribution in [0.25, 0.3) is 0 Å². The van der Waals surface area contributed by atoms with Crippen molar-refractivity contribution in [2.75, 3.05) is 13.7 Å². The number of rotatable bonds is 6. The first-order chi connectivity index (χ1) is 11.6. The van der Waals surface area contributed by atoms with Crippen LogP contribution in [0.15, 0.2) is 53.6 Å². The van der Waals surface area contributed by atoms with Gasteiger partial charge in [-0.2, -0.15) is 5.10 Å². The van der Waals surface area contributed by atoms with Crippen molar-refractivity contribution in [3.8, 4) is 11.5 Å². The van der Waals surface area contributed by atoms with Crippen molar-refractivity contribution in [3.05, 3.63) is 59.7 Å². The van der Waals surface area contributed by atoms with Gasteiger partial charge in [0.2, 0.25) is 0 Å². The molecule has 0 saturated carbocycles. The van der Waals surface area contributed by atoms with E-state index in [2.05, 4.69) is 15.8 Å². The molecule has 24 heavy (non-hydrogen) atoms. The molecule has 2 aromatic rings. The lowest BCUT2D eigenvalue weighted by Crippen LogP contribution is -2.35. The van der Waals surface area contributed by atoms with Crippen LogP contribution in [0, 0.1) is 0 Å². The van der Waals surface area contributed by atoms with E-state index in [1.165, 1.54) is 19.4 Å². The van der Waals surface area contributed by atoms with Crippen LogP contribution in [0.3, 0.4) is 0 Å². The molecule has 0 heterocycles. The summed E-state index contributed by atoms with van der Waals surface area (Å²) < 4.78 is 5.09. The first-order valence-electron chi connectivity index (χ1n) is 7.13. The van der Waals surface area contributed by atoms with Crippen LogP contribution in [-0.2, 0) is 4.79 Å². The van der Waals surface area contributed by atoms with Gasteiger partial charge in [0, 0.05) is 5.56 Å². The Labute approximate surface area is 139 Å². The van der Waals surface area contributed by atoms with Crippen molar-refractivity contribution < 1.29 is 19.4 Å². The quantitative estimate of drug-likeness (QED) is 0.549. The predicted molar refractivity (Wildman–Crippen MR) is 89.2 cm³/mol. The van der Waals surface area contributed by atoms with Gasteiger partial charge in [0.1, 0.15) is 11.5 Å². The molecular formula is C17H17N3O4. The highest BCUT2D eigenvalue weighted by molar-refractivity contribution is 5.98. The Morgan fingerprint density at radius 3 is 2.62 bits per heavy atom. The molecule has 0 fully saturated rings. The molecule has 0 aromatic heterocycles. The number of phenols is 1. The molecule has 0 spiro atoms. The molecule has 0 aliphatic carbocycles. The fourth-order valence-corrected chi connectivity index (χ4v) is 1.90. The maximum atomic E-state index is 12.0. The molecule has 124 valence electrons. The van der Waals surface area contributed by atoms with E-state index in [-0.39, 0.29) is 12.3 Å². The number of hydrogen-bond acceptors (Lipinski definition) is 5. The zero-order valence-electron chi connectivity index (χ0n) is 13.0. The van der Waals surface area contributed by atoms with E-state index in [9.17, 15) is 14.7 Å². The number of amides is 2. The van der Waals surface area contributed by atoms with Crippen molar-refractivity contribution in [3.63, 3.8) is 0 Å². The monoisotopic (exact) mass is 327 g/mol. The van der Waals surface area contributed by atoms with Crippen LogP contribution in [0.1, 0.15) is 15.9 Å². The zero-order chi connectivity index (χ0) is 17.4. The summed E-state index contributed by atoms with van der Waals surface area (Å²) in [5.41, 5.74) is 3.07. The molecule has 7 heteroatoms. The summed E-state index contributed by atoms with van der Waals surface area (Å²) in [6.07, 6.45) is 1.31. The molecule has 3 N–H and O–H groups in total. The van der Waals surface area contributed by atoms with Gasteiger partial charge in [0.25, 0.3) is 11.8 Å². The summed E-state index contributed by atoms with van der Waals surface area (Å²) >= 11 is 0. The Morgan fingerprint density at radius 1 is 1.17 bits per heavy atom. The van der Waals surface area contributed by atoms with Crippen molar-refractivity contribution in [1.29, 1.82) is 0 Å². The fraction of sp³-hybridized carbons (Fsp3) is 0.118. The first-order valence-corrected chi connectivity index (χ1v) is 7.13. The molecule has 2 rings (SSSR count). The number of phenolic OH excluding ortho intramolecular Hbond substituents is 1. The van der Waals surface area contributed by atoms with Gasteiger partial charge in [-0.1, -0.05) is 24.3 Å². The van der Waals surface area contributed by atoms with Gasteiger partial charge in [0.15, 0.2) is 0 Å². The number of nitrogens with zero attached hydrogens (tertiary/aromatic N) is 1. The Balaban J connectivity index is 1.85. The average Bonchev–Trinajstić information content (AvgIpc) is 2.61. The highest BCUT2D eigenvalue weighted by Crippen LogP contribution is 2.16. The third-order valence-corrected chi connectivity index (χ3v) is 3.09. The average molecular weight is 327 g/mol. The molecule has 2 amide bonds. The van der Waals surface area contributed by atoms with E-state index in [4.69, 9.17) is 4.74 Å². The van der Waals surface area contributed by atoms with Gasteiger partial charge in [-0.3, -0.25) is 9.59 Å². The molecule has 0 saturated heterocycles. The minimum Gasteiger partial charge on any atom is -0.507 e. The van der Waals surface area contributed by atoms with Gasteiger partial charge in [-0.15, -0.1) is 0 Å². The number of benzene rings is 2. The number of carbonyl (C=O) groups excluding carboxylic acids is 2. The number of hydrogen-bond donors (Lipinski definition) is 3. The maximum absolute atomic E-state index is 12.0. The lowest BCUT2D eigenvalue weighted by atomic mass is 10.2. The van der Waals surface area contributed by atoms with E-state index in [0.29, 0.717) is 16.9 Å². The molecule has 0 bridgehead atoms. The van der Waals surface area contributed by atoms with Gasteiger partial charge in [-0.05, 0) is 24.3 Å². The Hall–Kier alpha value is -3.35. The molecule has 0 atom stereocenters. The summed E-state index contributed by atoms with van der Waals surface area (Å²) in [6.45, 7) is -0.241. The predicted octanol–water partition coefficient (Wildman–Crippen LogP) is 1.28. The van der Waals surface area contributed by atoms with Crippen molar-refractivity contribution in [1.82, 2.24) is 10.7 Å². The molecule has 0 aliphatic rings. The number of ether oxygens (including phenoxy) is 1. The van der Waals surface area contributed by atoms with Crippen molar-refractivity contribution >= 4 is 18.0 Å². The van der Waals surface area contributed by atoms with Gasteiger partial charge in [0.05, 0.1) is 25.4 Å². The lowest BCUT2D eigenvalue weighted by Gasteiger charge is -2.08. The Morgan fingerprint density at radius 2 is 1.88 bits per heavy atom. The molecule has 0 unspecified atom stereocenters. The highest BCUT2D eigenvalue weighted by atomic mass is 16.5. The number of para-hydroxylation sites is 2. The topological polar surface area (TPSA) is 100 Å². The van der Waals surface area contributed by atoms with Gasteiger partial charge >= 0.3 is 0 Å². The lowest BCUT2D eigenvalue weighted by molar-refractivity contribution is -0.120. The Bertz CT molecular complexity index is 759. The molecule has 0 radical (unpaired) electrons. The van der Waals surface area contributed by atoms with Gasteiger partial charge in [-0.25, -0.2) is 5.43 Å². The van der Waals surface area contributed by atoms with Crippen LogP contribution < -0.4 is 15.5 Å². The number of carbonyl (C=O) groups is 2. The number of hydrazone groups is 1. The second-order valence-electron chi connectivity index (χ2n) is 4.73. The minimum atomic E-state index is -0.495. The second-order valence-corrected chi connectivity index (χ2v) is 4.73. The van der Waals surface area contributed by atoms with E-state index < -0.39 is 11.8 Å². The summed E-state index contributed by atoms with van der Waals surface area (Å²) in [4.78, 5) is 23.7. The first kappa shape index (κ1) is 17.0. The summed E-state index contributed by atoms with van der Waals surface area (Å²) in [7, 11) is 1.46. The summed E-state index contributed by atoms with van der Waals surface area (Å²) in [5, 5.41) is 15.8. The Kier molecular flexibility index (Phi) is 5.90. The van der Waals surface area contributed by atoms with E-state index >= 15 is 0 Å². The molecule has 7 nitrogen and oxygen atoms in total. The standard InChI is InChI=1S/C17H17N3O4/c1-24-15-9-5-3-7-13(15)17(23)18-11-16(22)20-19-10-12-6-2-4-8-14(12)21/h2-10,21H,11H2,1H3,(H,18,23)(H,20,22). The normalized spacial score (nSPS) is 10.4. The van der Waals surface area contributed by atoms with Crippen LogP contribution >= 0.6 is 0 Å². The fourth-order valence-electron chi connectivity index (χ4n) is 1.90. The number of nitrogens with one attached hydrogen (secondary N) is 2. The zero-order valence-corrected chi connectivity index (χ0v) is 13.0. The van der Waals surface area contributed by atoms with Crippen molar-refractivity contribution in [2.24, 2.45) is 5.10 Å². The molecular weight excluding hydrogens is 310 g/mol. The van der Waals surface area contributed by atoms with Crippen LogP contribution in [-0.4, -0.2) is 36.8 Å². The van der Waals surface area contributed by atoms with E-state index in [0.717, 1.165) is 0 Å². The van der Waals surface area contributed by atoms with Crippen LogP contribution in [0.2, 0.25) is 0 Å². The van der Waals surface area contributed by atoms with E-state index in [1.54, 1.807) is 42.5 Å². The number of methoxy groups -OCH3 is 1.